The van der Waals surface area contributed by atoms with E-state index in [4.69, 9.17) is 34.8 Å². The lowest BCUT2D eigenvalue weighted by Gasteiger charge is -2.13. The van der Waals surface area contributed by atoms with Crippen molar-refractivity contribution in [1.29, 1.82) is 0 Å². The quantitative estimate of drug-likeness (QED) is 0.515. The second kappa shape index (κ2) is 6.68. The van der Waals surface area contributed by atoms with Crippen molar-refractivity contribution in [3.05, 3.63) is 59.9 Å². The summed E-state index contributed by atoms with van der Waals surface area (Å²) in [5.74, 6) is 0. The molecule has 0 bridgehead atoms. The van der Waals surface area contributed by atoms with Gasteiger partial charge in [0.2, 0.25) is 0 Å². The molecular formula is C13H8Br2Cl3N. The van der Waals surface area contributed by atoms with Crippen LogP contribution in [0.15, 0.2) is 39.3 Å². The van der Waals surface area contributed by atoms with Gasteiger partial charge < -0.3 is 5.32 Å². The number of rotatable bonds is 3. The molecule has 1 nitrogen and oxygen atoms in total. The number of nitrogens with one attached hydrogen (secondary N) is 1. The summed E-state index contributed by atoms with van der Waals surface area (Å²) in [6, 6.07) is 9.27. The predicted molar refractivity (Wildman–Crippen MR) is 90.6 cm³/mol. The summed E-state index contributed by atoms with van der Waals surface area (Å²) in [7, 11) is 0. The van der Waals surface area contributed by atoms with Crippen LogP contribution in [0.4, 0.5) is 5.69 Å². The van der Waals surface area contributed by atoms with Gasteiger partial charge >= 0.3 is 0 Å². The first-order valence-electron chi connectivity index (χ1n) is 5.31. The molecule has 0 aliphatic rings. The summed E-state index contributed by atoms with van der Waals surface area (Å²) in [4.78, 5) is 0. The SMILES string of the molecule is Clc1ccc(Cl)c(CNc2c(Br)cccc2Br)c1Cl. The summed E-state index contributed by atoms with van der Waals surface area (Å²) in [6.07, 6.45) is 0. The van der Waals surface area contributed by atoms with Crippen LogP contribution in [-0.4, -0.2) is 0 Å². The van der Waals surface area contributed by atoms with E-state index in [0.717, 1.165) is 20.2 Å². The Morgan fingerprint density at radius 1 is 0.895 bits per heavy atom. The highest BCUT2D eigenvalue weighted by Crippen LogP contribution is 2.34. The molecule has 0 amide bonds. The summed E-state index contributed by atoms with van der Waals surface area (Å²) in [5, 5.41) is 4.84. The van der Waals surface area contributed by atoms with Crippen LogP contribution in [0.1, 0.15) is 5.56 Å². The van der Waals surface area contributed by atoms with Gasteiger partial charge in [0, 0.05) is 26.1 Å². The van der Waals surface area contributed by atoms with Crippen molar-refractivity contribution in [2.45, 2.75) is 6.54 Å². The van der Waals surface area contributed by atoms with Gasteiger partial charge in [0.15, 0.2) is 0 Å². The Labute approximate surface area is 143 Å². The summed E-state index contributed by atoms with van der Waals surface area (Å²) in [6.45, 7) is 0.486. The molecule has 0 heterocycles. The first-order chi connectivity index (χ1) is 9.00. The Morgan fingerprint density at radius 3 is 2.11 bits per heavy atom. The van der Waals surface area contributed by atoms with Crippen LogP contribution in [0, 0.1) is 0 Å². The molecule has 0 aromatic heterocycles. The normalized spacial score (nSPS) is 10.6. The van der Waals surface area contributed by atoms with Crippen molar-refractivity contribution < 1.29 is 0 Å². The fourth-order valence-corrected chi connectivity index (χ4v) is 3.53. The highest BCUT2D eigenvalue weighted by molar-refractivity contribution is 9.11. The van der Waals surface area contributed by atoms with Gasteiger partial charge in [-0.05, 0) is 56.1 Å². The molecule has 2 aromatic rings. The lowest BCUT2D eigenvalue weighted by Crippen LogP contribution is -2.02. The molecule has 0 aliphatic carbocycles. The van der Waals surface area contributed by atoms with Gasteiger partial charge in [0.25, 0.3) is 0 Å². The van der Waals surface area contributed by atoms with E-state index in [1.165, 1.54) is 0 Å². The maximum atomic E-state index is 6.16. The highest BCUT2D eigenvalue weighted by atomic mass is 79.9. The molecule has 0 spiro atoms. The minimum Gasteiger partial charge on any atom is -0.379 e. The second-order valence-electron chi connectivity index (χ2n) is 3.77. The van der Waals surface area contributed by atoms with Crippen molar-refractivity contribution in [1.82, 2.24) is 0 Å². The van der Waals surface area contributed by atoms with Crippen molar-refractivity contribution in [2.75, 3.05) is 5.32 Å². The lowest BCUT2D eigenvalue weighted by molar-refractivity contribution is 1.14. The molecule has 0 aliphatic heterocycles. The van der Waals surface area contributed by atoms with Gasteiger partial charge in [-0.25, -0.2) is 0 Å². The summed E-state index contributed by atoms with van der Waals surface area (Å²) >= 11 is 25.3. The van der Waals surface area contributed by atoms with Gasteiger partial charge in [0.1, 0.15) is 0 Å². The molecule has 1 N–H and O–H groups in total. The zero-order valence-corrected chi connectivity index (χ0v) is 14.9. The van der Waals surface area contributed by atoms with Gasteiger partial charge in [-0.1, -0.05) is 40.9 Å². The number of hydrogen-bond acceptors (Lipinski definition) is 1. The third-order valence-electron chi connectivity index (χ3n) is 2.54. The average molecular weight is 444 g/mol. The third-order valence-corrected chi connectivity index (χ3v) is 5.06. The second-order valence-corrected chi connectivity index (χ2v) is 6.67. The molecule has 0 fully saturated rings. The molecule has 6 heteroatoms. The minimum atomic E-state index is 0.477. The van der Waals surface area contributed by atoms with E-state index in [1.54, 1.807) is 12.1 Å². The first-order valence-corrected chi connectivity index (χ1v) is 8.03. The molecule has 0 saturated heterocycles. The minimum absolute atomic E-state index is 0.477. The molecule has 0 saturated carbocycles. The smallest absolute Gasteiger partial charge is 0.0657 e. The number of anilines is 1. The van der Waals surface area contributed by atoms with Gasteiger partial charge in [-0.3, -0.25) is 0 Å². The molecule has 0 radical (unpaired) electrons. The van der Waals surface area contributed by atoms with E-state index in [9.17, 15) is 0 Å². The zero-order valence-electron chi connectivity index (χ0n) is 9.48. The van der Waals surface area contributed by atoms with Gasteiger partial charge in [-0.15, -0.1) is 0 Å². The first kappa shape index (κ1) is 15.5. The number of halogens is 5. The lowest BCUT2D eigenvalue weighted by atomic mass is 10.2. The maximum absolute atomic E-state index is 6.16. The van der Waals surface area contributed by atoms with E-state index in [-0.39, 0.29) is 0 Å². The fraction of sp³-hybridized carbons (Fsp3) is 0.0769. The fourth-order valence-electron chi connectivity index (χ4n) is 1.57. The van der Waals surface area contributed by atoms with Crippen LogP contribution in [0.25, 0.3) is 0 Å². The standard InChI is InChI=1S/C13H8Br2Cl3N/c14-8-2-1-3-9(15)13(8)19-6-7-10(16)4-5-11(17)12(7)18/h1-5,19H,6H2. The Bertz CT molecular complexity index is 597. The Balaban J connectivity index is 2.27. The summed E-state index contributed by atoms with van der Waals surface area (Å²) < 4.78 is 1.91. The van der Waals surface area contributed by atoms with E-state index in [0.29, 0.717) is 21.6 Å². The molecule has 2 rings (SSSR count). The number of para-hydroxylation sites is 1. The van der Waals surface area contributed by atoms with E-state index in [2.05, 4.69) is 37.2 Å². The molecule has 2 aromatic carbocycles. The van der Waals surface area contributed by atoms with Crippen LogP contribution in [0.3, 0.4) is 0 Å². The van der Waals surface area contributed by atoms with E-state index < -0.39 is 0 Å². The predicted octanol–water partition coefficient (Wildman–Crippen LogP) is 6.78. The van der Waals surface area contributed by atoms with Crippen LogP contribution in [0.2, 0.25) is 15.1 Å². The molecule has 19 heavy (non-hydrogen) atoms. The van der Waals surface area contributed by atoms with Crippen molar-refractivity contribution >= 4 is 72.4 Å². The molecule has 0 unspecified atom stereocenters. The zero-order chi connectivity index (χ0) is 14.0. The maximum Gasteiger partial charge on any atom is 0.0657 e. The Kier molecular flexibility index (Phi) is 5.44. The third kappa shape index (κ3) is 3.59. The number of benzene rings is 2. The van der Waals surface area contributed by atoms with Gasteiger partial charge in [-0.2, -0.15) is 0 Å². The Morgan fingerprint density at radius 2 is 1.47 bits per heavy atom. The van der Waals surface area contributed by atoms with Crippen LogP contribution in [0.5, 0.6) is 0 Å². The van der Waals surface area contributed by atoms with Crippen LogP contribution >= 0.6 is 66.7 Å². The van der Waals surface area contributed by atoms with Crippen LogP contribution < -0.4 is 5.32 Å². The highest BCUT2D eigenvalue weighted by Gasteiger charge is 2.11. The number of hydrogen-bond donors (Lipinski definition) is 1. The Hall–Kier alpha value is 0.0700. The van der Waals surface area contributed by atoms with E-state index in [1.807, 2.05) is 18.2 Å². The monoisotopic (exact) mass is 441 g/mol. The molecule has 0 atom stereocenters. The van der Waals surface area contributed by atoms with Crippen molar-refractivity contribution in [3.8, 4) is 0 Å². The molecule has 100 valence electrons. The molecular weight excluding hydrogens is 436 g/mol. The topological polar surface area (TPSA) is 12.0 Å². The van der Waals surface area contributed by atoms with Crippen molar-refractivity contribution in [2.24, 2.45) is 0 Å². The van der Waals surface area contributed by atoms with Gasteiger partial charge in [0.05, 0.1) is 15.7 Å². The summed E-state index contributed by atoms with van der Waals surface area (Å²) in [5.41, 5.74) is 1.72. The van der Waals surface area contributed by atoms with Crippen LogP contribution in [-0.2, 0) is 6.54 Å². The van der Waals surface area contributed by atoms with E-state index >= 15 is 0 Å². The van der Waals surface area contributed by atoms with Crippen molar-refractivity contribution in [3.63, 3.8) is 0 Å². The largest absolute Gasteiger partial charge is 0.379 e. The average Bonchev–Trinajstić information content (AvgIpc) is 2.37.